The molecule has 3 aromatic heterocycles. The Balaban J connectivity index is 1.40. The third-order valence-corrected chi connectivity index (χ3v) is 16.3. The van der Waals surface area contributed by atoms with Gasteiger partial charge in [-0.05, 0) is 47.9 Å². The highest BCUT2D eigenvalue weighted by molar-refractivity contribution is 7.03. The number of hydrogen-bond acceptors (Lipinski definition) is 1. The molecule has 2 aliphatic rings. The number of ether oxygens (including phenoxy) is 1. The Kier molecular flexibility index (Phi) is 4.62. The molecule has 0 saturated heterocycles. The van der Waals surface area contributed by atoms with Crippen molar-refractivity contribution < 1.29 is 4.74 Å². The highest BCUT2D eigenvalue weighted by Crippen LogP contribution is 2.50. The smallest absolute Gasteiger partial charge is 0.348 e. The summed E-state index contributed by atoms with van der Waals surface area (Å²) in [6.07, 6.45) is 0. The van der Waals surface area contributed by atoms with E-state index in [-0.39, 0.29) is 0 Å². The predicted molar refractivity (Wildman–Crippen MR) is 213 cm³/mol. The summed E-state index contributed by atoms with van der Waals surface area (Å²) in [4.78, 5) is 0. The molecule has 0 N–H and O–H groups in total. The number of aromatic nitrogens is 3. The summed E-state index contributed by atoms with van der Waals surface area (Å²) >= 11 is 0. The number of rotatable bonds is 1. The summed E-state index contributed by atoms with van der Waals surface area (Å²) in [5.41, 5.74) is 8.76. The normalized spacial score (nSPS) is 14.2. The first-order chi connectivity index (χ1) is 25.3. The first-order valence-electron chi connectivity index (χ1n) is 17.6. The molecule has 11 aromatic rings. The maximum Gasteiger partial charge on any atom is 0.348 e. The van der Waals surface area contributed by atoms with Crippen LogP contribution in [0, 0.1) is 0 Å². The SMILES string of the molecule is c1ccc2c(c1)Oc1ccccc1[Si]21n2c3ccccc3c3ccc4c(c5c(ccc6c7ccccc7n1c65)n4-c1cccc4ccccc14)c32. The second kappa shape index (κ2) is 8.96. The molecule has 0 bridgehead atoms. The summed E-state index contributed by atoms with van der Waals surface area (Å²) < 4.78 is 15.0. The van der Waals surface area contributed by atoms with Crippen LogP contribution < -0.4 is 15.1 Å². The van der Waals surface area contributed by atoms with Gasteiger partial charge in [-0.25, -0.2) is 0 Å². The predicted octanol–water partition coefficient (Wildman–Crippen LogP) is 10.2. The average Bonchev–Trinajstić information content (AvgIpc) is 3.80. The molecule has 0 amide bonds. The van der Waals surface area contributed by atoms with E-state index in [1.807, 2.05) is 0 Å². The third-order valence-electron chi connectivity index (χ3n) is 11.8. The van der Waals surface area contributed by atoms with E-state index in [1.54, 1.807) is 0 Å². The van der Waals surface area contributed by atoms with E-state index >= 15 is 0 Å². The molecule has 0 saturated carbocycles. The fourth-order valence-corrected chi connectivity index (χ4v) is 15.2. The Bertz CT molecular complexity index is 3170. The molecule has 0 fully saturated rings. The third kappa shape index (κ3) is 2.90. The van der Waals surface area contributed by atoms with Crippen LogP contribution in [0.5, 0.6) is 11.5 Å². The number of benzene rings is 8. The van der Waals surface area contributed by atoms with Crippen molar-refractivity contribution in [3.05, 3.63) is 164 Å². The minimum absolute atomic E-state index is 0.937. The van der Waals surface area contributed by atoms with Gasteiger partial charge in [-0.15, -0.1) is 0 Å². The van der Waals surface area contributed by atoms with Crippen molar-refractivity contribution in [3.63, 3.8) is 0 Å². The highest BCUT2D eigenvalue weighted by atomic mass is 28.3. The van der Waals surface area contributed by atoms with Crippen LogP contribution in [0.2, 0.25) is 0 Å². The summed E-state index contributed by atoms with van der Waals surface area (Å²) in [5.74, 6) is 1.87. The van der Waals surface area contributed by atoms with E-state index < -0.39 is 8.40 Å². The van der Waals surface area contributed by atoms with Gasteiger partial charge in [0.25, 0.3) is 0 Å². The monoisotopic (exact) mass is 665 g/mol. The molecule has 8 aromatic carbocycles. The largest absolute Gasteiger partial charge is 0.457 e. The molecule has 51 heavy (non-hydrogen) atoms. The molecule has 5 heteroatoms. The van der Waals surface area contributed by atoms with Crippen LogP contribution in [-0.2, 0) is 0 Å². The van der Waals surface area contributed by atoms with Crippen LogP contribution in [0.25, 0.3) is 81.9 Å². The quantitative estimate of drug-likeness (QED) is 0.160. The lowest BCUT2D eigenvalue weighted by molar-refractivity contribution is 0.485. The first-order valence-corrected chi connectivity index (χ1v) is 19.5. The Morgan fingerprint density at radius 1 is 0.373 bits per heavy atom. The zero-order chi connectivity index (χ0) is 33.0. The van der Waals surface area contributed by atoms with Crippen LogP contribution in [0.1, 0.15) is 0 Å². The highest BCUT2D eigenvalue weighted by Gasteiger charge is 2.54. The second-order valence-electron chi connectivity index (χ2n) is 14.0. The second-order valence-corrected chi connectivity index (χ2v) is 17.3. The lowest BCUT2D eigenvalue weighted by Crippen LogP contribution is -2.71. The molecular formula is C46H27N3OSi. The van der Waals surface area contributed by atoms with Crippen LogP contribution in [0.15, 0.2) is 164 Å². The van der Waals surface area contributed by atoms with Gasteiger partial charge in [-0.3, -0.25) is 0 Å². The molecule has 5 heterocycles. The maximum absolute atomic E-state index is 6.84. The molecule has 0 unspecified atom stereocenters. The van der Waals surface area contributed by atoms with E-state index in [4.69, 9.17) is 4.74 Å². The van der Waals surface area contributed by atoms with Crippen molar-refractivity contribution in [2.75, 3.05) is 0 Å². The van der Waals surface area contributed by atoms with E-state index in [1.165, 1.54) is 92.3 Å². The average molecular weight is 666 g/mol. The zero-order valence-electron chi connectivity index (χ0n) is 27.3. The molecule has 13 rings (SSSR count). The van der Waals surface area contributed by atoms with Gasteiger partial charge in [0, 0.05) is 59.1 Å². The topological polar surface area (TPSA) is 24.0 Å². The van der Waals surface area contributed by atoms with Crippen LogP contribution in [-0.4, -0.2) is 21.4 Å². The summed E-state index contributed by atoms with van der Waals surface area (Å²) in [6, 6.07) is 60.7. The minimum Gasteiger partial charge on any atom is -0.457 e. The van der Waals surface area contributed by atoms with Gasteiger partial charge in [-0.1, -0.05) is 121 Å². The Labute approximate surface area is 292 Å². The fourth-order valence-electron chi connectivity index (χ4n) is 9.96. The van der Waals surface area contributed by atoms with Gasteiger partial charge < -0.3 is 17.8 Å². The van der Waals surface area contributed by atoms with E-state index in [9.17, 15) is 0 Å². The van der Waals surface area contributed by atoms with Gasteiger partial charge in [0.15, 0.2) is 0 Å². The van der Waals surface area contributed by atoms with Gasteiger partial charge in [0.2, 0.25) is 0 Å². The lowest BCUT2D eigenvalue weighted by atomic mass is 10.1. The van der Waals surface area contributed by atoms with Crippen molar-refractivity contribution >= 4 is 95.0 Å². The molecule has 236 valence electrons. The summed E-state index contributed by atoms with van der Waals surface area (Å²) in [5, 5.41) is 12.8. The summed E-state index contributed by atoms with van der Waals surface area (Å²) in [6.45, 7) is 0. The molecule has 2 aliphatic heterocycles. The fraction of sp³-hybridized carbons (Fsp3) is 0. The van der Waals surface area contributed by atoms with Crippen LogP contribution in [0.4, 0.5) is 0 Å². The molecule has 0 aliphatic carbocycles. The number of hydrogen-bond donors (Lipinski definition) is 0. The number of nitrogens with zero attached hydrogens (tertiary/aromatic N) is 3. The molecular weight excluding hydrogens is 639 g/mol. The minimum atomic E-state index is -3.24. The maximum atomic E-state index is 6.84. The lowest BCUT2D eigenvalue weighted by Gasteiger charge is -2.41. The van der Waals surface area contributed by atoms with Crippen molar-refractivity contribution in [2.45, 2.75) is 0 Å². The van der Waals surface area contributed by atoms with Crippen molar-refractivity contribution in [1.82, 2.24) is 13.0 Å². The Morgan fingerprint density at radius 3 is 1.47 bits per heavy atom. The van der Waals surface area contributed by atoms with Gasteiger partial charge in [0.1, 0.15) is 11.5 Å². The van der Waals surface area contributed by atoms with Gasteiger partial charge in [0.05, 0.1) is 27.8 Å². The van der Waals surface area contributed by atoms with E-state index in [0.29, 0.717) is 0 Å². The van der Waals surface area contributed by atoms with Gasteiger partial charge in [-0.2, -0.15) is 0 Å². The molecule has 0 radical (unpaired) electrons. The molecule has 4 nitrogen and oxygen atoms in total. The number of para-hydroxylation sites is 4. The van der Waals surface area contributed by atoms with Gasteiger partial charge >= 0.3 is 8.40 Å². The van der Waals surface area contributed by atoms with Crippen LogP contribution >= 0.6 is 0 Å². The van der Waals surface area contributed by atoms with Crippen molar-refractivity contribution in [1.29, 1.82) is 0 Å². The van der Waals surface area contributed by atoms with E-state index in [0.717, 1.165) is 11.5 Å². The Morgan fingerprint density at radius 2 is 0.863 bits per heavy atom. The standard InChI is InChI=1S/C46H27N3OSi/c1-2-14-29-28(12-1)13-11-19-34(29)47-37-26-24-32-30-15-3-5-17-35(30)48-45(32)43(37)44-38(47)27-25-33-31-16-4-6-18-36(31)49(46(33)44)51(48)41-22-9-7-20-39(41)50-40-21-8-10-23-42(40)51/h1-27H. The number of fused-ring (bicyclic) bond motifs is 13. The van der Waals surface area contributed by atoms with Crippen molar-refractivity contribution in [2.24, 2.45) is 0 Å². The van der Waals surface area contributed by atoms with E-state index in [2.05, 4.69) is 177 Å². The zero-order valence-corrected chi connectivity index (χ0v) is 28.3. The first kappa shape index (κ1) is 26.3. The Hall–Kier alpha value is -6.56. The van der Waals surface area contributed by atoms with Crippen molar-refractivity contribution in [3.8, 4) is 17.2 Å². The molecule has 0 atom stereocenters. The van der Waals surface area contributed by atoms with Crippen LogP contribution in [0.3, 0.4) is 0 Å². The molecule has 1 spiro atoms. The summed E-state index contributed by atoms with van der Waals surface area (Å²) in [7, 11) is -3.24.